The summed E-state index contributed by atoms with van der Waals surface area (Å²) in [4.78, 5) is 19.3. The van der Waals surface area contributed by atoms with Gasteiger partial charge in [-0.05, 0) is 29.8 Å². The largest absolute Gasteiger partial charge is 0.507 e. The Hall–Kier alpha value is -3.33. The van der Waals surface area contributed by atoms with E-state index in [9.17, 15) is 9.90 Å². The summed E-state index contributed by atoms with van der Waals surface area (Å²) in [5, 5.41) is 11.0. The van der Waals surface area contributed by atoms with E-state index in [-0.39, 0.29) is 11.9 Å². The molecule has 1 atom stereocenters. The second-order valence-electron chi connectivity index (χ2n) is 9.34. The monoisotopic (exact) mass is 491 g/mol. The summed E-state index contributed by atoms with van der Waals surface area (Å²) in [6, 6.07) is 18.2. The third-order valence-electron chi connectivity index (χ3n) is 7.05. The molecule has 2 aromatic carbocycles. The maximum absolute atomic E-state index is 12.5. The fourth-order valence-electron chi connectivity index (χ4n) is 4.93. The molecule has 0 aliphatic carbocycles. The standard InChI is InChI=1S/C28H33N3O5/c1-34-24-9-7-23(8-10-24)31-13-11-29(12-14-31)17-22-20-36-28(33)25(27(22)32)18-30-15-16-35-26(19-30)21-5-3-2-4-6-21/h2-10,20,26,32H,11-19H2,1H3. The van der Waals surface area contributed by atoms with Crippen LogP contribution >= 0.6 is 0 Å². The fraction of sp³-hybridized carbons (Fsp3) is 0.393. The smallest absolute Gasteiger partial charge is 0.343 e. The molecule has 2 aliphatic rings. The van der Waals surface area contributed by atoms with Crippen LogP contribution < -0.4 is 15.3 Å². The summed E-state index contributed by atoms with van der Waals surface area (Å²) in [5.41, 5.74) is 2.77. The maximum Gasteiger partial charge on any atom is 0.343 e. The third-order valence-corrected chi connectivity index (χ3v) is 7.05. The summed E-state index contributed by atoms with van der Waals surface area (Å²) in [6.45, 7) is 6.25. The minimum atomic E-state index is -0.483. The van der Waals surface area contributed by atoms with E-state index in [1.165, 1.54) is 12.0 Å². The van der Waals surface area contributed by atoms with Gasteiger partial charge in [-0.2, -0.15) is 0 Å². The summed E-state index contributed by atoms with van der Waals surface area (Å²) >= 11 is 0. The van der Waals surface area contributed by atoms with Gasteiger partial charge >= 0.3 is 5.63 Å². The summed E-state index contributed by atoms with van der Waals surface area (Å²) in [6.07, 6.45) is 1.35. The first-order chi connectivity index (χ1) is 17.6. The van der Waals surface area contributed by atoms with Gasteiger partial charge in [-0.25, -0.2) is 4.79 Å². The van der Waals surface area contributed by atoms with Crippen molar-refractivity contribution in [1.29, 1.82) is 0 Å². The Morgan fingerprint density at radius 2 is 1.69 bits per heavy atom. The van der Waals surface area contributed by atoms with Crippen molar-refractivity contribution in [2.75, 3.05) is 57.9 Å². The van der Waals surface area contributed by atoms with E-state index in [1.807, 2.05) is 30.3 Å². The van der Waals surface area contributed by atoms with Crippen LogP contribution in [0.2, 0.25) is 0 Å². The number of morpholine rings is 1. The normalized spacial score (nSPS) is 19.4. The highest BCUT2D eigenvalue weighted by atomic mass is 16.5. The predicted octanol–water partition coefficient (Wildman–Crippen LogP) is 3.25. The molecule has 2 aliphatic heterocycles. The average Bonchev–Trinajstić information content (AvgIpc) is 2.94. The first kappa shape index (κ1) is 24.4. The van der Waals surface area contributed by atoms with Gasteiger partial charge in [0.25, 0.3) is 0 Å². The third kappa shape index (κ3) is 5.56. The number of ether oxygens (including phenoxy) is 2. The molecule has 0 spiro atoms. The number of nitrogens with zero attached hydrogens (tertiary/aromatic N) is 3. The predicted molar refractivity (Wildman–Crippen MR) is 138 cm³/mol. The van der Waals surface area contributed by atoms with Gasteiger partial charge in [-0.1, -0.05) is 30.3 Å². The quantitative estimate of drug-likeness (QED) is 0.540. The zero-order chi connectivity index (χ0) is 24.9. The van der Waals surface area contributed by atoms with Gasteiger partial charge in [0.1, 0.15) is 17.8 Å². The minimum absolute atomic E-state index is 0.0478. The summed E-state index contributed by atoms with van der Waals surface area (Å²) < 4.78 is 16.6. The van der Waals surface area contributed by atoms with Gasteiger partial charge in [-0.15, -0.1) is 0 Å². The SMILES string of the molecule is COc1ccc(N2CCN(Cc3coc(=O)c(CN4CCOC(c5ccccc5)C4)c3O)CC2)cc1. The number of benzene rings is 2. The Labute approximate surface area is 211 Å². The molecule has 2 fully saturated rings. The lowest BCUT2D eigenvalue weighted by molar-refractivity contribution is -0.0334. The number of anilines is 1. The minimum Gasteiger partial charge on any atom is -0.507 e. The van der Waals surface area contributed by atoms with E-state index in [4.69, 9.17) is 13.9 Å². The molecule has 5 rings (SSSR count). The van der Waals surface area contributed by atoms with E-state index in [2.05, 4.69) is 39.0 Å². The van der Waals surface area contributed by atoms with E-state index in [1.54, 1.807) is 7.11 Å². The van der Waals surface area contributed by atoms with Crippen LogP contribution in [0.3, 0.4) is 0 Å². The summed E-state index contributed by atoms with van der Waals surface area (Å²) in [5.74, 6) is 0.897. The van der Waals surface area contributed by atoms with Crippen LogP contribution in [-0.4, -0.2) is 67.9 Å². The lowest BCUT2D eigenvalue weighted by Crippen LogP contribution is -2.46. The zero-order valence-electron chi connectivity index (χ0n) is 20.6. The molecule has 8 heteroatoms. The first-order valence-electron chi connectivity index (χ1n) is 12.4. The van der Waals surface area contributed by atoms with E-state index in [0.29, 0.717) is 43.9 Å². The van der Waals surface area contributed by atoms with Crippen molar-refractivity contribution in [2.24, 2.45) is 0 Å². The van der Waals surface area contributed by atoms with E-state index >= 15 is 0 Å². The zero-order valence-corrected chi connectivity index (χ0v) is 20.6. The number of hydrogen-bond donors (Lipinski definition) is 1. The lowest BCUT2D eigenvalue weighted by Gasteiger charge is -2.36. The number of piperazine rings is 1. The van der Waals surface area contributed by atoms with Crippen LogP contribution in [-0.2, 0) is 17.8 Å². The van der Waals surface area contributed by atoms with E-state index in [0.717, 1.165) is 37.5 Å². The van der Waals surface area contributed by atoms with Crippen molar-refractivity contribution >= 4 is 5.69 Å². The molecule has 190 valence electrons. The molecule has 2 saturated heterocycles. The highest BCUT2D eigenvalue weighted by Crippen LogP contribution is 2.27. The molecule has 0 radical (unpaired) electrons. The first-order valence-corrected chi connectivity index (χ1v) is 12.4. The second kappa shape index (κ2) is 11.2. The van der Waals surface area contributed by atoms with Crippen LogP contribution in [0.1, 0.15) is 22.8 Å². The highest BCUT2D eigenvalue weighted by molar-refractivity contribution is 5.49. The number of rotatable bonds is 7. The molecule has 1 N–H and O–H groups in total. The van der Waals surface area contributed by atoms with Crippen LogP contribution in [0.25, 0.3) is 0 Å². The molecule has 3 heterocycles. The van der Waals surface area contributed by atoms with Crippen molar-refractivity contribution in [1.82, 2.24) is 9.80 Å². The number of hydrogen-bond acceptors (Lipinski definition) is 8. The van der Waals surface area contributed by atoms with Crippen molar-refractivity contribution < 1.29 is 19.0 Å². The van der Waals surface area contributed by atoms with Gasteiger partial charge in [0.15, 0.2) is 0 Å². The second-order valence-corrected chi connectivity index (χ2v) is 9.34. The van der Waals surface area contributed by atoms with Crippen molar-refractivity contribution in [2.45, 2.75) is 19.2 Å². The molecule has 8 nitrogen and oxygen atoms in total. The van der Waals surface area contributed by atoms with Gasteiger partial charge in [0.2, 0.25) is 0 Å². The molecule has 0 saturated carbocycles. The number of aromatic hydroxyl groups is 1. The Morgan fingerprint density at radius 3 is 2.42 bits per heavy atom. The Balaban J connectivity index is 1.21. The molecule has 1 unspecified atom stereocenters. The Morgan fingerprint density at radius 1 is 0.944 bits per heavy atom. The lowest BCUT2D eigenvalue weighted by atomic mass is 10.1. The van der Waals surface area contributed by atoms with Crippen molar-refractivity contribution in [3.8, 4) is 11.5 Å². The number of methoxy groups -OCH3 is 1. The Kier molecular flexibility index (Phi) is 7.55. The van der Waals surface area contributed by atoms with Gasteiger partial charge in [0, 0.05) is 63.6 Å². The molecule has 0 bridgehead atoms. The van der Waals surface area contributed by atoms with Crippen molar-refractivity contribution in [3.63, 3.8) is 0 Å². The fourth-order valence-corrected chi connectivity index (χ4v) is 4.93. The molecule has 3 aromatic rings. The Bertz CT molecular complexity index is 1190. The molecule has 36 heavy (non-hydrogen) atoms. The van der Waals surface area contributed by atoms with Gasteiger partial charge in [0.05, 0.1) is 25.4 Å². The van der Waals surface area contributed by atoms with Crippen molar-refractivity contribution in [3.05, 3.63) is 88.0 Å². The van der Waals surface area contributed by atoms with Crippen LogP contribution in [0.5, 0.6) is 11.5 Å². The van der Waals surface area contributed by atoms with Gasteiger partial charge < -0.3 is 23.9 Å². The van der Waals surface area contributed by atoms with Gasteiger partial charge in [-0.3, -0.25) is 9.80 Å². The van der Waals surface area contributed by atoms with Crippen LogP contribution in [0.15, 0.2) is 70.1 Å². The maximum atomic E-state index is 12.5. The highest BCUT2D eigenvalue weighted by Gasteiger charge is 2.26. The average molecular weight is 492 g/mol. The topological polar surface area (TPSA) is 78.6 Å². The van der Waals surface area contributed by atoms with Crippen LogP contribution in [0.4, 0.5) is 5.69 Å². The summed E-state index contributed by atoms with van der Waals surface area (Å²) in [7, 11) is 1.67. The molecule has 0 amide bonds. The molecular formula is C28H33N3O5. The molecular weight excluding hydrogens is 458 g/mol. The van der Waals surface area contributed by atoms with Crippen LogP contribution in [0, 0.1) is 0 Å². The van der Waals surface area contributed by atoms with E-state index < -0.39 is 5.63 Å². The molecule has 1 aromatic heterocycles.